The van der Waals surface area contributed by atoms with Crippen LogP contribution in [0, 0.1) is 34.0 Å². The zero-order chi connectivity index (χ0) is 13.4. The van der Waals surface area contributed by atoms with Crippen molar-refractivity contribution in [3.05, 3.63) is 39.6 Å². The first kappa shape index (κ1) is 12.7. The van der Waals surface area contributed by atoms with Gasteiger partial charge in [0.05, 0.1) is 5.29 Å². The van der Waals surface area contributed by atoms with Gasteiger partial charge in [0, 0.05) is 24.6 Å². The fourth-order valence-electron chi connectivity index (χ4n) is 2.03. The van der Waals surface area contributed by atoms with Crippen LogP contribution in [0.5, 0.6) is 0 Å². The molecule has 3 nitrogen and oxygen atoms in total. The van der Waals surface area contributed by atoms with Crippen LogP contribution >= 0.6 is 0 Å². The molecule has 1 saturated heterocycles. The first-order valence-corrected chi connectivity index (χ1v) is 5.07. The van der Waals surface area contributed by atoms with E-state index < -0.39 is 40.6 Å². The summed E-state index contributed by atoms with van der Waals surface area (Å²) in [6.07, 6.45) is 0.101. The molecule has 1 unspecified atom stereocenters. The van der Waals surface area contributed by atoms with E-state index in [0.29, 0.717) is 0 Å². The van der Waals surface area contributed by atoms with E-state index in [2.05, 4.69) is 5.29 Å². The molecule has 18 heavy (non-hydrogen) atoms. The number of nitrogens with zero attached hydrogens (tertiary/aromatic N) is 2. The van der Waals surface area contributed by atoms with Crippen LogP contribution in [0.15, 0.2) is 5.29 Å². The van der Waals surface area contributed by atoms with Gasteiger partial charge >= 0.3 is 0 Å². The van der Waals surface area contributed by atoms with Crippen LogP contribution in [-0.4, -0.2) is 18.1 Å². The lowest BCUT2D eigenvalue weighted by Crippen LogP contribution is -2.15. The summed E-state index contributed by atoms with van der Waals surface area (Å²) in [6, 6.07) is 0. The van der Waals surface area contributed by atoms with Gasteiger partial charge in [0.15, 0.2) is 23.3 Å². The van der Waals surface area contributed by atoms with Crippen molar-refractivity contribution in [2.24, 2.45) is 5.29 Å². The molecule has 1 heterocycles. The maximum absolute atomic E-state index is 13.4. The van der Waals surface area contributed by atoms with Crippen LogP contribution in [0.4, 0.5) is 22.0 Å². The van der Waals surface area contributed by atoms with Crippen LogP contribution in [0.1, 0.15) is 17.9 Å². The minimum Gasteiger partial charge on any atom is -0.260 e. The second-order valence-electron chi connectivity index (χ2n) is 3.96. The van der Waals surface area contributed by atoms with Crippen molar-refractivity contribution in [1.82, 2.24) is 5.01 Å². The van der Waals surface area contributed by atoms with E-state index in [1.54, 1.807) is 0 Å². The molecule has 0 N–H and O–H groups in total. The van der Waals surface area contributed by atoms with Gasteiger partial charge in [0.1, 0.15) is 0 Å². The lowest BCUT2D eigenvalue weighted by Gasteiger charge is -2.13. The van der Waals surface area contributed by atoms with Gasteiger partial charge in [0.2, 0.25) is 5.82 Å². The summed E-state index contributed by atoms with van der Waals surface area (Å²) >= 11 is 0. The summed E-state index contributed by atoms with van der Waals surface area (Å²) in [5.74, 6) is -10.7. The normalized spacial score (nSPS) is 19.4. The zero-order valence-electron chi connectivity index (χ0n) is 8.89. The number of hydrogen-bond donors (Lipinski definition) is 0. The van der Waals surface area contributed by atoms with Gasteiger partial charge < -0.3 is 0 Å². The molecular formula is C10H7F5N2O. The average molecular weight is 266 g/mol. The predicted molar refractivity (Wildman–Crippen MR) is 51.0 cm³/mol. The fraction of sp³-hybridized carbons (Fsp3) is 0.400. The Morgan fingerprint density at radius 2 is 1.44 bits per heavy atom. The maximum atomic E-state index is 13.4. The van der Waals surface area contributed by atoms with Crippen molar-refractivity contribution in [3.63, 3.8) is 0 Å². The van der Waals surface area contributed by atoms with Gasteiger partial charge in [0.25, 0.3) is 0 Å². The Kier molecular flexibility index (Phi) is 3.18. The molecule has 1 atom stereocenters. The van der Waals surface area contributed by atoms with Gasteiger partial charge in [-0.1, -0.05) is 0 Å². The Morgan fingerprint density at radius 3 is 1.89 bits per heavy atom. The first-order valence-electron chi connectivity index (χ1n) is 5.07. The molecule has 1 aromatic rings. The van der Waals surface area contributed by atoms with E-state index in [4.69, 9.17) is 0 Å². The zero-order valence-corrected chi connectivity index (χ0v) is 8.89. The van der Waals surface area contributed by atoms with E-state index in [1.807, 2.05) is 0 Å². The number of benzene rings is 1. The van der Waals surface area contributed by atoms with Crippen molar-refractivity contribution in [2.75, 3.05) is 13.1 Å². The molecule has 0 radical (unpaired) electrons. The molecule has 2 rings (SSSR count). The Labute approximate surface area is 98.1 Å². The summed E-state index contributed by atoms with van der Waals surface area (Å²) in [5.41, 5.74) is -0.877. The molecule has 0 aliphatic carbocycles. The van der Waals surface area contributed by atoms with Crippen LogP contribution in [0.25, 0.3) is 0 Å². The topological polar surface area (TPSA) is 32.7 Å². The Bertz CT molecular complexity index is 479. The largest absolute Gasteiger partial charge is 0.260 e. The minimum atomic E-state index is -2.18. The third-order valence-electron chi connectivity index (χ3n) is 2.93. The summed E-state index contributed by atoms with van der Waals surface area (Å²) in [7, 11) is 0. The van der Waals surface area contributed by atoms with E-state index in [9.17, 15) is 26.9 Å². The lowest BCUT2D eigenvalue weighted by molar-refractivity contribution is 0.339. The fourth-order valence-corrected chi connectivity index (χ4v) is 2.03. The predicted octanol–water partition coefficient (Wildman–Crippen LogP) is 2.85. The molecule has 1 aliphatic heterocycles. The van der Waals surface area contributed by atoms with Crippen LogP contribution < -0.4 is 0 Å². The molecule has 1 aliphatic rings. The van der Waals surface area contributed by atoms with Crippen LogP contribution in [0.3, 0.4) is 0 Å². The maximum Gasteiger partial charge on any atom is 0.200 e. The van der Waals surface area contributed by atoms with Crippen molar-refractivity contribution in [1.29, 1.82) is 0 Å². The van der Waals surface area contributed by atoms with E-state index in [1.165, 1.54) is 0 Å². The van der Waals surface area contributed by atoms with Crippen LogP contribution in [-0.2, 0) is 0 Å². The van der Waals surface area contributed by atoms with Crippen molar-refractivity contribution in [2.45, 2.75) is 12.3 Å². The molecular weight excluding hydrogens is 259 g/mol. The third-order valence-corrected chi connectivity index (χ3v) is 2.93. The second kappa shape index (κ2) is 4.51. The lowest BCUT2D eigenvalue weighted by atomic mass is 9.96. The van der Waals surface area contributed by atoms with Gasteiger partial charge in [-0.3, -0.25) is 5.01 Å². The van der Waals surface area contributed by atoms with Crippen molar-refractivity contribution >= 4 is 0 Å². The van der Waals surface area contributed by atoms with E-state index in [-0.39, 0.29) is 19.5 Å². The van der Waals surface area contributed by atoms with Gasteiger partial charge in [-0.05, 0) is 6.42 Å². The molecule has 8 heteroatoms. The van der Waals surface area contributed by atoms with Crippen molar-refractivity contribution in [3.8, 4) is 0 Å². The Balaban J connectivity index is 2.49. The van der Waals surface area contributed by atoms with E-state index >= 15 is 0 Å². The first-order chi connectivity index (χ1) is 8.47. The summed E-state index contributed by atoms with van der Waals surface area (Å²) in [4.78, 5) is 10.2. The smallest absolute Gasteiger partial charge is 0.200 e. The third kappa shape index (κ3) is 1.81. The minimum absolute atomic E-state index is 0.101. The SMILES string of the molecule is O=NN1CCC(c2c(F)c(F)c(F)c(F)c2F)C1. The second-order valence-corrected chi connectivity index (χ2v) is 3.96. The average Bonchev–Trinajstić information content (AvgIpc) is 2.83. The number of rotatable bonds is 2. The molecule has 0 bridgehead atoms. The Hall–Kier alpha value is -1.73. The highest BCUT2D eigenvalue weighted by molar-refractivity contribution is 5.28. The highest BCUT2D eigenvalue weighted by atomic mass is 19.2. The van der Waals surface area contributed by atoms with Gasteiger partial charge in [-0.2, -0.15) is 0 Å². The number of halogens is 5. The molecule has 0 aromatic heterocycles. The van der Waals surface area contributed by atoms with Crippen LogP contribution in [0.2, 0.25) is 0 Å². The number of hydrogen-bond acceptors (Lipinski definition) is 2. The summed E-state index contributed by atoms with van der Waals surface area (Å²) in [6.45, 7) is -0.0461. The molecule has 98 valence electrons. The van der Waals surface area contributed by atoms with Crippen molar-refractivity contribution < 1.29 is 22.0 Å². The Morgan fingerprint density at radius 1 is 0.944 bits per heavy atom. The molecule has 0 saturated carbocycles. The molecule has 0 amide bonds. The quantitative estimate of drug-likeness (QED) is 0.357. The summed E-state index contributed by atoms with van der Waals surface area (Å²) < 4.78 is 65.6. The molecule has 1 aromatic carbocycles. The number of nitroso groups, excluding NO2 is 1. The summed E-state index contributed by atoms with van der Waals surface area (Å²) in [5, 5.41) is 3.54. The van der Waals surface area contributed by atoms with E-state index in [0.717, 1.165) is 5.01 Å². The molecule has 1 fully saturated rings. The monoisotopic (exact) mass is 266 g/mol. The molecule has 0 spiro atoms. The standard InChI is InChI=1S/C10H7F5N2O/c11-6-5(4-1-2-17(3-4)16-18)7(12)9(14)10(15)8(6)13/h4H,1-3H2. The van der Waals surface area contributed by atoms with Gasteiger partial charge in [-0.15, -0.1) is 4.91 Å². The highest BCUT2D eigenvalue weighted by Gasteiger charge is 2.34. The van der Waals surface area contributed by atoms with Gasteiger partial charge in [-0.25, -0.2) is 22.0 Å². The highest BCUT2D eigenvalue weighted by Crippen LogP contribution is 2.34.